The first kappa shape index (κ1) is 24.2. The van der Waals surface area contributed by atoms with Crippen LogP contribution in [-0.4, -0.2) is 27.4 Å². The van der Waals surface area contributed by atoms with E-state index < -0.39 is 15.4 Å². The van der Waals surface area contributed by atoms with E-state index in [-0.39, 0.29) is 17.5 Å². The molecule has 0 aromatic carbocycles. The number of hydrogen-bond donors (Lipinski definition) is 2. The minimum atomic E-state index is -1.87. The predicted octanol–water partition coefficient (Wildman–Crippen LogP) is 5.51. The van der Waals surface area contributed by atoms with Gasteiger partial charge in [0.15, 0.2) is 11.6 Å². The molecule has 0 bridgehead atoms. The van der Waals surface area contributed by atoms with Crippen LogP contribution in [0.4, 0.5) is 5.00 Å². The van der Waals surface area contributed by atoms with E-state index >= 15 is 0 Å². The van der Waals surface area contributed by atoms with Crippen molar-refractivity contribution in [3.63, 3.8) is 0 Å². The minimum absolute atomic E-state index is 0.105. The van der Waals surface area contributed by atoms with E-state index in [4.69, 9.17) is 34.8 Å². The van der Waals surface area contributed by atoms with Gasteiger partial charge in [0.2, 0.25) is 9.70 Å². The molecule has 152 valence electrons. The Morgan fingerprint density at radius 3 is 2.11 bits per heavy atom. The molecule has 0 radical (unpaired) electrons. The number of anilines is 1. The van der Waals surface area contributed by atoms with Crippen molar-refractivity contribution in [1.29, 1.82) is 0 Å². The van der Waals surface area contributed by atoms with Crippen LogP contribution in [0.5, 0.6) is 0 Å². The predicted molar refractivity (Wildman–Crippen MR) is 114 cm³/mol. The van der Waals surface area contributed by atoms with Crippen LogP contribution in [0.15, 0.2) is 0 Å². The number of halogens is 3. The van der Waals surface area contributed by atoms with Crippen molar-refractivity contribution in [3.8, 4) is 0 Å². The van der Waals surface area contributed by atoms with Gasteiger partial charge in [-0.05, 0) is 25.8 Å². The van der Waals surface area contributed by atoms with Crippen LogP contribution in [0.3, 0.4) is 0 Å². The van der Waals surface area contributed by atoms with Gasteiger partial charge in [0.05, 0.1) is 10.4 Å². The zero-order valence-electron chi connectivity index (χ0n) is 16.3. The van der Waals surface area contributed by atoms with Crippen molar-refractivity contribution < 1.29 is 14.4 Å². The number of rotatable bonds is 7. The van der Waals surface area contributed by atoms with Crippen LogP contribution < -0.4 is 10.6 Å². The van der Waals surface area contributed by atoms with Gasteiger partial charge in [0, 0.05) is 11.8 Å². The third-order valence-corrected chi connectivity index (χ3v) is 5.76. The molecular formula is C18H25Cl3N2O3S. The molecule has 1 atom stereocenters. The quantitative estimate of drug-likeness (QED) is 0.323. The molecule has 1 aromatic heterocycles. The third kappa shape index (κ3) is 6.34. The molecule has 0 unspecified atom stereocenters. The molecule has 5 nitrogen and oxygen atoms in total. The molecule has 0 aliphatic carbocycles. The lowest BCUT2D eigenvalue weighted by Crippen LogP contribution is -2.52. The van der Waals surface area contributed by atoms with Gasteiger partial charge in [0.1, 0.15) is 11.2 Å². The summed E-state index contributed by atoms with van der Waals surface area (Å²) in [6.07, 6.45) is -0.0891. The standard InChI is InChI=1S/C18H25Cl3N2O3S/c1-7-8-11(25)12-9(2)13(10(3)24)27-14(12)22-15(18(19,20)21)23-16(26)17(4,5)6/h15,22H,7-8H2,1-6H3,(H,23,26)/t15-/m0/s1. The Labute approximate surface area is 179 Å². The second-order valence-corrected chi connectivity index (χ2v) is 10.7. The summed E-state index contributed by atoms with van der Waals surface area (Å²) >= 11 is 19.3. The van der Waals surface area contributed by atoms with Gasteiger partial charge < -0.3 is 10.6 Å². The monoisotopic (exact) mass is 454 g/mol. The summed E-state index contributed by atoms with van der Waals surface area (Å²) in [5.74, 6) is -0.584. The number of thiophene rings is 1. The van der Waals surface area contributed by atoms with Crippen molar-refractivity contribution >= 4 is 68.6 Å². The molecule has 0 spiro atoms. The highest BCUT2D eigenvalue weighted by molar-refractivity contribution is 7.18. The molecule has 1 aromatic rings. The maximum atomic E-state index is 12.6. The van der Waals surface area contributed by atoms with Gasteiger partial charge in [0.25, 0.3) is 0 Å². The lowest BCUT2D eigenvalue weighted by Gasteiger charge is -2.30. The average molecular weight is 456 g/mol. The summed E-state index contributed by atoms with van der Waals surface area (Å²) in [7, 11) is 0. The number of alkyl halides is 3. The Kier molecular flexibility index (Phi) is 8.18. The maximum Gasteiger partial charge on any atom is 0.228 e. The average Bonchev–Trinajstić information content (AvgIpc) is 2.81. The van der Waals surface area contributed by atoms with Crippen molar-refractivity contribution in [2.24, 2.45) is 5.41 Å². The zero-order chi connectivity index (χ0) is 21.2. The van der Waals surface area contributed by atoms with Crippen LogP contribution in [0.2, 0.25) is 0 Å². The van der Waals surface area contributed by atoms with Crippen molar-refractivity contribution in [2.75, 3.05) is 5.32 Å². The van der Waals surface area contributed by atoms with Gasteiger partial charge in [-0.2, -0.15) is 0 Å². The number of nitrogens with one attached hydrogen (secondary N) is 2. The minimum Gasteiger partial charge on any atom is -0.353 e. The Balaban J connectivity index is 3.36. The first-order valence-electron chi connectivity index (χ1n) is 8.51. The SMILES string of the molecule is CCCC(=O)c1c(N[C@@H](NC(=O)C(C)(C)C)C(Cl)(Cl)Cl)sc(C(C)=O)c1C. The van der Waals surface area contributed by atoms with Crippen LogP contribution in [0.1, 0.15) is 73.1 Å². The molecule has 0 saturated heterocycles. The van der Waals surface area contributed by atoms with Crippen LogP contribution in [0, 0.1) is 12.3 Å². The summed E-state index contributed by atoms with van der Waals surface area (Å²) in [6, 6.07) is 0. The van der Waals surface area contributed by atoms with Crippen molar-refractivity contribution in [1.82, 2.24) is 5.32 Å². The van der Waals surface area contributed by atoms with Crippen molar-refractivity contribution in [2.45, 2.75) is 64.3 Å². The lowest BCUT2D eigenvalue weighted by atomic mass is 9.95. The number of ketones is 2. The van der Waals surface area contributed by atoms with E-state index in [0.717, 1.165) is 11.3 Å². The highest BCUT2D eigenvalue weighted by Crippen LogP contribution is 2.38. The molecule has 0 aliphatic rings. The van der Waals surface area contributed by atoms with E-state index in [2.05, 4.69) is 10.6 Å². The Morgan fingerprint density at radius 1 is 1.15 bits per heavy atom. The number of carbonyl (C=O) groups excluding carboxylic acids is 3. The topological polar surface area (TPSA) is 75.3 Å². The molecule has 27 heavy (non-hydrogen) atoms. The van der Waals surface area contributed by atoms with Crippen LogP contribution in [0.25, 0.3) is 0 Å². The van der Waals surface area contributed by atoms with E-state index in [1.54, 1.807) is 27.7 Å². The molecule has 0 aliphatic heterocycles. The molecule has 9 heteroatoms. The zero-order valence-corrected chi connectivity index (χ0v) is 19.3. The van der Waals surface area contributed by atoms with Gasteiger partial charge in [-0.25, -0.2) is 0 Å². The fourth-order valence-electron chi connectivity index (χ4n) is 2.32. The largest absolute Gasteiger partial charge is 0.353 e. The second-order valence-electron chi connectivity index (χ2n) is 7.33. The first-order chi connectivity index (χ1) is 12.2. The van der Waals surface area contributed by atoms with Crippen molar-refractivity contribution in [3.05, 3.63) is 16.0 Å². The number of carbonyl (C=O) groups is 3. The molecule has 1 amide bonds. The number of Topliss-reactive ketones (excluding diaryl/α,β-unsaturated/α-hetero) is 2. The van der Waals surface area contributed by atoms with E-state index in [1.165, 1.54) is 6.92 Å². The Morgan fingerprint density at radius 2 is 1.70 bits per heavy atom. The summed E-state index contributed by atoms with van der Waals surface area (Å²) in [4.78, 5) is 37.4. The highest BCUT2D eigenvalue weighted by atomic mass is 35.6. The van der Waals surface area contributed by atoms with Crippen LogP contribution >= 0.6 is 46.1 Å². The summed E-state index contributed by atoms with van der Waals surface area (Å²) in [5, 5.41) is 6.03. The van der Waals surface area contributed by atoms with E-state index in [0.29, 0.717) is 33.8 Å². The van der Waals surface area contributed by atoms with E-state index in [9.17, 15) is 14.4 Å². The number of amides is 1. The fraction of sp³-hybridized carbons (Fsp3) is 0.611. The van der Waals surface area contributed by atoms with E-state index in [1.807, 2.05) is 6.92 Å². The normalized spacial score (nSPS) is 13.2. The summed E-state index contributed by atoms with van der Waals surface area (Å²) < 4.78 is -1.87. The summed E-state index contributed by atoms with van der Waals surface area (Å²) in [6.45, 7) is 10.3. The van der Waals surface area contributed by atoms with Crippen LogP contribution in [-0.2, 0) is 4.79 Å². The smallest absolute Gasteiger partial charge is 0.228 e. The molecule has 1 heterocycles. The summed E-state index contributed by atoms with van der Waals surface area (Å²) in [5.41, 5.74) is 0.294. The van der Waals surface area contributed by atoms with Gasteiger partial charge >= 0.3 is 0 Å². The fourth-order valence-corrected chi connectivity index (χ4v) is 3.79. The Hall–Kier alpha value is -0.820. The van der Waals surface area contributed by atoms with Gasteiger partial charge in [-0.1, -0.05) is 62.5 Å². The number of hydrogen-bond acceptors (Lipinski definition) is 5. The van der Waals surface area contributed by atoms with Gasteiger partial charge in [-0.3, -0.25) is 14.4 Å². The molecule has 1 rings (SSSR count). The highest BCUT2D eigenvalue weighted by Gasteiger charge is 2.38. The lowest BCUT2D eigenvalue weighted by molar-refractivity contribution is -0.129. The molecule has 0 fully saturated rings. The van der Waals surface area contributed by atoms with Gasteiger partial charge in [-0.15, -0.1) is 11.3 Å². The molecular weight excluding hydrogens is 431 g/mol. The first-order valence-corrected chi connectivity index (χ1v) is 10.5. The molecule has 0 saturated carbocycles. The second kappa shape index (κ2) is 9.12. The maximum absolute atomic E-state index is 12.6. The third-order valence-electron chi connectivity index (χ3n) is 3.78. The Bertz CT molecular complexity index is 733. The molecule has 2 N–H and O–H groups in total.